The minimum absolute atomic E-state index is 0.0408. The molecule has 3 rings (SSSR count). The van der Waals surface area contributed by atoms with Crippen LogP contribution in [0.2, 0.25) is 0 Å². The van der Waals surface area contributed by atoms with Gasteiger partial charge in [0.15, 0.2) is 0 Å². The lowest BCUT2D eigenvalue weighted by Crippen LogP contribution is -2.28. The Hall–Kier alpha value is -2.21. The Morgan fingerprint density at radius 1 is 1.31 bits per heavy atom. The van der Waals surface area contributed by atoms with Crippen molar-refractivity contribution in [2.75, 3.05) is 5.32 Å². The van der Waals surface area contributed by atoms with Gasteiger partial charge in [0, 0.05) is 36.7 Å². The topological polar surface area (TPSA) is 90.2 Å². The minimum Gasteiger partial charge on any atom is -0.508 e. The molecule has 1 fully saturated rings. The highest BCUT2D eigenvalue weighted by Gasteiger charge is 2.30. The van der Waals surface area contributed by atoms with Crippen LogP contribution < -0.4 is 5.32 Å². The number of allylic oxidation sites excluding steroid dienone is 2. The molecule has 1 aromatic carbocycles. The zero-order chi connectivity index (χ0) is 21.0. The highest BCUT2D eigenvalue weighted by molar-refractivity contribution is 8.18. The normalized spacial score (nSPS) is 22.8. The van der Waals surface area contributed by atoms with Crippen LogP contribution in [0.5, 0.6) is 5.75 Å². The van der Waals surface area contributed by atoms with E-state index in [2.05, 4.69) is 11.2 Å². The van der Waals surface area contributed by atoms with Gasteiger partial charge in [0.25, 0.3) is 0 Å². The molecule has 156 valence electrons. The van der Waals surface area contributed by atoms with Crippen LogP contribution in [-0.4, -0.2) is 33.6 Å². The fourth-order valence-corrected chi connectivity index (χ4v) is 5.84. The number of anilines is 1. The lowest BCUT2D eigenvalue weighted by Gasteiger charge is -2.28. The van der Waals surface area contributed by atoms with Crippen LogP contribution in [0.4, 0.5) is 5.69 Å². The van der Waals surface area contributed by atoms with Gasteiger partial charge in [-0.15, -0.1) is 0 Å². The number of phenols is 1. The molecule has 6 heteroatoms. The number of carbonyl (C=O) groups excluding carboxylic acids is 2. The summed E-state index contributed by atoms with van der Waals surface area (Å²) in [5.74, 6) is 4.46. The zero-order valence-corrected chi connectivity index (χ0v) is 17.8. The molecule has 1 amide bonds. The SMILES string of the molecule is C=S1C(CC(=N)C2CCCCC2)=CCC(=O)C1CC(=O)Nc1cc(O)ccc1C. The molecule has 0 aromatic heterocycles. The molecule has 1 aliphatic heterocycles. The first kappa shape index (κ1) is 21.5. The second kappa shape index (κ2) is 9.53. The van der Waals surface area contributed by atoms with Crippen molar-refractivity contribution in [3.63, 3.8) is 0 Å². The molecular weight excluding hydrogens is 384 g/mol. The second-order valence-electron chi connectivity index (χ2n) is 8.05. The second-order valence-corrected chi connectivity index (χ2v) is 10.00. The summed E-state index contributed by atoms with van der Waals surface area (Å²) in [6.07, 6.45) is 8.73. The number of nitrogens with one attached hydrogen (secondary N) is 2. The first-order valence-corrected chi connectivity index (χ1v) is 11.7. The molecule has 0 radical (unpaired) electrons. The van der Waals surface area contributed by atoms with E-state index in [0.29, 0.717) is 24.4 Å². The van der Waals surface area contributed by atoms with Gasteiger partial charge in [-0.05, 0) is 42.2 Å². The summed E-state index contributed by atoms with van der Waals surface area (Å²) in [6.45, 7) is 1.85. The van der Waals surface area contributed by atoms with Gasteiger partial charge in [0.1, 0.15) is 11.5 Å². The van der Waals surface area contributed by atoms with Crippen LogP contribution in [0, 0.1) is 18.3 Å². The fourth-order valence-electron chi connectivity index (χ4n) is 4.07. The predicted octanol–water partition coefficient (Wildman–Crippen LogP) is 4.95. The van der Waals surface area contributed by atoms with Gasteiger partial charge in [0.05, 0.1) is 5.25 Å². The van der Waals surface area contributed by atoms with Crippen molar-refractivity contribution in [1.29, 1.82) is 5.41 Å². The number of carbonyl (C=O) groups is 2. The number of hydrogen-bond acceptors (Lipinski definition) is 4. The number of amides is 1. The van der Waals surface area contributed by atoms with Gasteiger partial charge in [0.2, 0.25) is 5.91 Å². The molecule has 2 atom stereocenters. The Balaban J connectivity index is 1.63. The smallest absolute Gasteiger partial charge is 0.225 e. The van der Waals surface area contributed by atoms with Crippen LogP contribution in [0.3, 0.4) is 0 Å². The van der Waals surface area contributed by atoms with Crippen molar-refractivity contribution in [3.05, 3.63) is 34.7 Å². The molecule has 2 aliphatic rings. The summed E-state index contributed by atoms with van der Waals surface area (Å²) in [5, 5.41) is 20.5. The van der Waals surface area contributed by atoms with Gasteiger partial charge >= 0.3 is 0 Å². The maximum atomic E-state index is 12.6. The van der Waals surface area contributed by atoms with E-state index in [1.165, 1.54) is 25.3 Å². The van der Waals surface area contributed by atoms with E-state index in [1.54, 1.807) is 12.1 Å². The van der Waals surface area contributed by atoms with E-state index < -0.39 is 15.7 Å². The van der Waals surface area contributed by atoms with Crippen LogP contribution in [0.25, 0.3) is 0 Å². The molecule has 0 bridgehead atoms. The number of rotatable bonds is 6. The van der Waals surface area contributed by atoms with E-state index in [-0.39, 0.29) is 23.9 Å². The first-order chi connectivity index (χ1) is 13.8. The number of benzene rings is 1. The summed E-state index contributed by atoms with van der Waals surface area (Å²) in [4.78, 5) is 26.1. The van der Waals surface area contributed by atoms with Crippen molar-refractivity contribution >= 4 is 39.4 Å². The van der Waals surface area contributed by atoms with Gasteiger partial charge in [-0.25, -0.2) is 0 Å². The quantitative estimate of drug-likeness (QED) is 0.455. The monoisotopic (exact) mass is 414 g/mol. The largest absolute Gasteiger partial charge is 0.508 e. The van der Waals surface area contributed by atoms with Gasteiger partial charge in [-0.2, -0.15) is 10.5 Å². The first-order valence-electron chi connectivity index (χ1n) is 10.3. The summed E-state index contributed by atoms with van der Waals surface area (Å²) >= 11 is 0. The third-order valence-electron chi connectivity index (χ3n) is 5.90. The molecule has 3 N–H and O–H groups in total. The van der Waals surface area contributed by atoms with E-state index in [1.807, 2.05) is 13.0 Å². The molecule has 1 heterocycles. The molecule has 0 saturated heterocycles. The van der Waals surface area contributed by atoms with Crippen molar-refractivity contribution in [2.45, 2.75) is 63.5 Å². The molecule has 1 aliphatic carbocycles. The molecule has 5 nitrogen and oxygen atoms in total. The summed E-state index contributed by atoms with van der Waals surface area (Å²) in [7, 11) is -0.599. The molecule has 1 aromatic rings. The number of Topliss-reactive ketones (excluding diaryl/α,β-unsaturated/α-hetero) is 1. The highest BCUT2D eigenvalue weighted by Crippen LogP contribution is 2.40. The summed E-state index contributed by atoms with van der Waals surface area (Å²) in [6, 6.07) is 4.82. The average Bonchev–Trinajstić information content (AvgIpc) is 2.70. The minimum atomic E-state index is -0.599. The van der Waals surface area contributed by atoms with Gasteiger partial charge < -0.3 is 15.8 Å². The van der Waals surface area contributed by atoms with Crippen molar-refractivity contribution in [2.24, 2.45) is 5.92 Å². The van der Waals surface area contributed by atoms with Gasteiger partial charge in [-0.1, -0.05) is 37.3 Å². The lowest BCUT2D eigenvalue weighted by atomic mass is 9.84. The number of aromatic hydroxyl groups is 1. The third-order valence-corrected chi connectivity index (χ3v) is 8.00. The van der Waals surface area contributed by atoms with Crippen LogP contribution in [0.15, 0.2) is 29.2 Å². The Morgan fingerprint density at radius 2 is 2.03 bits per heavy atom. The lowest BCUT2D eigenvalue weighted by molar-refractivity contribution is -0.122. The highest BCUT2D eigenvalue weighted by atomic mass is 32.2. The Labute approximate surface area is 175 Å². The number of ketones is 1. The number of aryl methyl sites for hydroxylation is 1. The van der Waals surface area contributed by atoms with Crippen LogP contribution >= 0.6 is 10.5 Å². The molecule has 2 unspecified atom stereocenters. The van der Waals surface area contributed by atoms with Crippen molar-refractivity contribution in [3.8, 4) is 5.75 Å². The van der Waals surface area contributed by atoms with E-state index in [4.69, 9.17) is 5.41 Å². The summed E-state index contributed by atoms with van der Waals surface area (Å²) < 4.78 is 0. The standard InChI is InChI=1S/C23H30N2O3S/c1-15-8-9-17(26)12-20(15)25-23(28)14-22-21(27)11-10-18(29(22)2)13-19(24)16-6-4-3-5-7-16/h8-10,12,16,22,24,26H,2-7,11,13-14H2,1H3,(H,25,28). The van der Waals surface area contributed by atoms with Gasteiger partial charge in [-0.3, -0.25) is 9.59 Å². The number of phenolic OH excluding ortho intramolecular Hbond substituents is 1. The average molecular weight is 415 g/mol. The molecular formula is C23H30N2O3S. The Bertz CT molecular complexity index is 869. The zero-order valence-electron chi connectivity index (χ0n) is 17.0. The summed E-state index contributed by atoms with van der Waals surface area (Å²) in [5.41, 5.74) is 2.16. The molecule has 1 saturated carbocycles. The third kappa shape index (κ3) is 5.44. The number of hydrogen-bond donors (Lipinski definition) is 3. The van der Waals surface area contributed by atoms with Crippen LogP contribution in [-0.2, 0) is 9.59 Å². The predicted molar refractivity (Wildman–Crippen MR) is 121 cm³/mol. The fraction of sp³-hybridized carbons (Fsp3) is 0.478. The molecule has 29 heavy (non-hydrogen) atoms. The van der Waals surface area contributed by atoms with Crippen LogP contribution in [0.1, 0.15) is 56.9 Å². The maximum absolute atomic E-state index is 12.6. The van der Waals surface area contributed by atoms with E-state index in [9.17, 15) is 14.7 Å². The van der Waals surface area contributed by atoms with E-state index >= 15 is 0 Å². The van der Waals surface area contributed by atoms with E-state index in [0.717, 1.165) is 29.0 Å². The van der Waals surface area contributed by atoms with Crippen molar-refractivity contribution < 1.29 is 14.7 Å². The van der Waals surface area contributed by atoms with Crippen molar-refractivity contribution in [1.82, 2.24) is 0 Å². The maximum Gasteiger partial charge on any atom is 0.225 e. The Kier molecular flexibility index (Phi) is 7.06. The molecule has 0 spiro atoms. The Morgan fingerprint density at radius 3 is 2.76 bits per heavy atom.